The van der Waals surface area contributed by atoms with E-state index in [1.54, 1.807) is 6.07 Å². The van der Waals surface area contributed by atoms with E-state index in [0.29, 0.717) is 12.0 Å². The minimum Gasteiger partial charge on any atom is -0.368 e. The van der Waals surface area contributed by atoms with Gasteiger partial charge in [-0.1, -0.05) is 43.5 Å². The Morgan fingerprint density at radius 3 is 2.72 bits per heavy atom. The summed E-state index contributed by atoms with van der Waals surface area (Å²) in [5, 5.41) is 3.61. The Morgan fingerprint density at radius 2 is 1.96 bits per heavy atom. The number of benzene rings is 1. The van der Waals surface area contributed by atoms with Crippen LogP contribution in [-0.2, 0) is 4.79 Å². The number of amides is 2. The van der Waals surface area contributed by atoms with Gasteiger partial charge >= 0.3 is 0 Å². The molecule has 0 aliphatic carbocycles. The summed E-state index contributed by atoms with van der Waals surface area (Å²) in [6.45, 7) is 3.70. The molecule has 0 radical (unpaired) electrons. The molecule has 25 heavy (non-hydrogen) atoms. The summed E-state index contributed by atoms with van der Waals surface area (Å²) in [4.78, 5) is 28.3. The number of fused-ring (bicyclic) bond motifs is 1. The van der Waals surface area contributed by atoms with Gasteiger partial charge in [0.2, 0.25) is 5.91 Å². The summed E-state index contributed by atoms with van der Waals surface area (Å²) in [5.74, 6) is -0.832. The van der Waals surface area contributed by atoms with Crippen LogP contribution in [0.3, 0.4) is 0 Å². The number of hydrogen-bond acceptors (Lipinski definition) is 3. The summed E-state index contributed by atoms with van der Waals surface area (Å²) in [6, 6.07) is 8.69. The summed E-state index contributed by atoms with van der Waals surface area (Å²) >= 11 is 0. The predicted molar refractivity (Wildman–Crippen MR) is 100 cm³/mol. The molecule has 0 unspecified atom stereocenters. The van der Waals surface area contributed by atoms with Crippen LogP contribution in [-0.4, -0.2) is 22.8 Å². The quantitative estimate of drug-likeness (QED) is 0.514. The van der Waals surface area contributed by atoms with Crippen LogP contribution in [0.15, 0.2) is 49.2 Å². The SMILES string of the molecule is C=CCCCCCC[C@@H](NC(=O)c1cnc2ccccc2c1)C(N)=O. The number of nitrogens with one attached hydrogen (secondary N) is 1. The summed E-state index contributed by atoms with van der Waals surface area (Å²) in [6.07, 6.45) is 9.02. The molecule has 0 spiro atoms. The third-order valence-electron chi connectivity index (χ3n) is 4.15. The maximum Gasteiger partial charge on any atom is 0.253 e. The highest BCUT2D eigenvalue weighted by atomic mass is 16.2. The lowest BCUT2D eigenvalue weighted by Gasteiger charge is -2.15. The van der Waals surface area contributed by atoms with Gasteiger partial charge in [-0.3, -0.25) is 14.6 Å². The molecule has 2 rings (SSSR count). The number of primary amides is 1. The number of unbranched alkanes of at least 4 members (excludes halogenated alkanes) is 4. The number of hydrogen-bond donors (Lipinski definition) is 2. The van der Waals surface area contributed by atoms with E-state index in [4.69, 9.17) is 5.73 Å². The largest absolute Gasteiger partial charge is 0.368 e. The van der Waals surface area contributed by atoms with Crippen LogP contribution in [0, 0.1) is 0 Å². The molecule has 1 heterocycles. The molecular weight excluding hydrogens is 314 g/mol. The van der Waals surface area contributed by atoms with E-state index in [0.717, 1.165) is 43.0 Å². The molecule has 0 fully saturated rings. The second-order valence-electron chi connectivity index (χ2n) is 6.13. The molecule has 0 bridgehead atoms. The number of carbonyl (C=O) groups is 2. The van der Waals surface area contributed by atoms with Crippen LogP contribution < -0.4 is 11.1 Å². The smallest absolute Gasteiger partial charge is 0.253 e. The molecule has 2 aromatic rings. The number of allylic oxidation sites excluding steroid dienone is 1. The molecule has 1 atom stereocenters. The number of rotatable bonds is 10. The Morgan fingerprint density at radius 1 is 1.20 bits per heavy atom. The van der Waals surface area contributed by atoms with Crippen molar-refractivity contribution >= 4 is 22.7 Å². The first-order valence-corrected chi connectivity index (χ1v) is 8.67. The zero-order valence-electron chi connectivity index (χ0n) is 14.4. The van der Waals surface area contributed by atoms with Gasteiger partial charge < -0.3 is 11.1 Å². The molecule has 5 nitrogen and oxygen atoms in total. The fraction of sp³-hybridized carbons (Fsp3) is 0.350. The van der Waals surface area contributed by atoms with Crippen molar-refractivity contribution in [2.45, 2.75) is 44.6 Å². The maximum absolute atomic E-state index is 12.4. The fourth-order valence-electron chi connectivity index (χ4n) is 2.71. The van der Waals surface area contributed by atoms with E-state index in [-0.39, 0.29) is 5.91 Å². The van der Waals surface area contributed by atoms with Gasteiger partial charge in [0, 0.05) is 11.6 Å². The lowest BCUT2D eigenvalue weighted by atomic mass is 10.1. The van der Waals surface area contributed by atoms with Crippen LogP contribution in [0.4, 0.5) is 0 Å². The normalized spacial score (nSPS) is 11.8. The number of para-hydroxylation sites is 1. The van der Waals surface area contributed by atoms with Crippen LogP contribution in [0.5, 0.6) is 0 Å². The first-order chi connectivity index (χ1) is 12.1. The fourth-order valence-corrected chi connectivity index (χ4v) is 2.71. The van der Waals surface area contributed by atoms with E-state index in [9.17, 15) is 9.59 Å². The predicted octanol–water partition coefficient (Wildman–Crippen LogP) is 3.35. The number of nitrogens with two attached hydrogens (primary N) is 1. The number of pyridine rings is 1. The average molecular weight is 339 g/mol. The van der Waals surface area contributed by atoms with Crippen molar-refractivity contribution in [1.82, 2.24) is 10.3 Å². The first-order valence-electron chi connectivity index (χ1n) is 8.67. The van der Waals surface area contributed by atoms with Gasteiger partial charge in [0.25, 0.3) is 5.91 Å². The molecule has 5 heteroatoms. The zero-order valence-corrected chi connectivity index (χ0v) is 14.4. The molecule has 1 aromatic heterocycles. The summed E-state index contributed by atoms with van der Waals surface area (Å²) in [5.41, 5.74) is 6.68. The Balaban J connectivity index is 1.92. The van der Waals surface area contributed by atoms with Crippen molar-refractivity contribution in [1.29, 1.82) is 0 Å². The van der Waals surface area contributed by atoms with Crippen LogP contribution >= 0.6 is 0 Å². The van der Waals surface area contributed by atoms with Crippen molar-refractivity contribution < 1.29 is 9.59 Å². The second kappa shape index (κ2) is 9.57. The van der Waals surface area contributed by atoms with Crippen molar-refractivity contribution in [3.05, 3.63) is 54.7 Å². The van der Waals surface area contributed by atoms with Gasteiger partial charge in [-0.25, -0.2) is 0 Å². The van der Waals surface area contributed by atoms with Gasteiger partial charge in [-0.15, -0.1) is 6.58 Å². The Hall–Kier alpha value is -2.69. The molecule has 2 amide bonds. The van der Waals surface area contributed by atoms with Gasteiger partial charge in [0.15, 0.2) is 0 Å². The minimum atomic E-state index is -0.654. The molecular formula is C20H25N3O2. The highest BCUT2D eigenvalue weighted by molar-refractivity contribution is 5.99. The van der Waals surface area contributed by atoms with Gasteiger partial charge in [-0.2, -0.15) is 0 Å². The van der Waals surface area contributed by atoms with Crippen molar-refractivity contribution in [3.63, 3.8) is 0 Å². The third-order valence-corrected chi connectivity index (χ3v) is 4.15. The molecule has 0 saturated heterocycles. The Kier molecular flexibility index (Phi) is 7.14. The Labute approximate surface area is 148 Å². The van der Waals surface area contributed by atoms with Gasteiger partial charge in [0.1, 0.15) is 6.04 Å². The minimum absolute atomic E-state index is 0.325. The van der Waals surface area contributed by atoms with E-state index in [2.05, 4.69) is 16.9 Å². The highest BCUT2D eigenvalue weighted by Crippen LogP contribution is 2.13. The number of aromatic nitrogens is 1. The third kappa shape index (κ3) is 5.71. The van der Waals surface area contributed by atoms with E-state index in [1.807, 2.05) is 30.3 Å². The van der Waals surface area contributed by atoms with Gasteiger partial charge in [-0.05, 0) is 31.4 Å². The van der Waals surface area contributed by atoms with Crippen LogP contribution in [0.25, 0.3) is 10.9 Å². The number of carbonyl (C=O) groups excluding carboxylic acids is 2. The highest BCUT2D eigenvalue weighted by Gasteiger charge is 2.18. The Bertz CT molecular complexity index is 743. The van der Waals surface area contributed by atoms with E-state index >= 15 is 0 Å². The topological polar surface area (TPSA) is 85.1 Å². The van der Waals surface area contributed by atoms with Gasteiger partial charge in [0.05, 0.1) is 11.1 Å². The monoisotopic (exact) mass is 339 g/mol. The zero-order chi connectivity index (χ0) is 18.1. The second-order valence-corrected chi connectivity index (χ2v) is 6.13. The molecule has 1 aromatic carbocycles. The molecule has 132 valence electrons. The molecule has 0 aliphatic rings. The molecule has 0 saturated carbocycles. The van der Waals surface area contributed by atoms with Crippen LogP contribution in [0.1, 0.15) is 48.9 Å². The maximum atomic E-state index is 12.4. The lowest BCUT2D eigenvalue weighted by molar-refractivity contribution is -0.120. The standard InChI is InChI=1S/C20H25N3O2/c1-2-3-4-5-6-7-12-18(19(21)24)23-20(25)16-13-15-10-8-9-11-17(15)22-14-16/h2,8-11,13-14,18H,1,3-7,12H2,(H2,21,24)(H,23,25)/t18-/m1/s1. The summed E-state index contributed by atoms with van der Waals surface area (Å²) in [7, 11) is 0. The van der Waals surface area contributed by atoms with E-state index < -0.39 is 11.9 Å². The van der Waals surface area contributed by atoms with Crippen molar-refractivity contribution in [3.8, 4) is 0 Å². The van der Waals surface area contributed by atoms with Crippen LogP contribution in [0.2, 0.25) is 0 Å². The average Bonchev–Trinajstić information content (AvgIpc) is 2.62. The lowest BCUT2D eigenvalue weighted by Crippen LogP contribution is -2.44. The van der Waals surface area contributed by atoms with Crippen molar-refractivity contribution in [2.24, 2.45) is 5.73 Å². The molecule has 3 N–H and O–H groups in total. The first kappa shape index (κ1) is 18.6. The molecule has 0 aliphatic heterocycles. The van der Waals surface area contributed by atoms with E-state index in [1.165, 1.54) is 6.20 Å². The van der Waals surface area contributed by atoms with Crippen molar-refractivity contribution in [2.75, 3.05) is 0 Å². The number of nitrogens with zero attached hydrogens (tertiary/aromatic N) is 1. The summed E-state index contributed by atoms with van der Waals surface area (Å²) < 4.78 is 0.